The lowest BCUT2D eigenvalue weighted by Gasteiger charge is -2.34. The predicted octanol–water partition coefficient (Wildman–Crippen LogP) is 3.91. The quantitative estimate of drug-likeness (QED) is 0.719. The summed E-state index contributed by atoms with van der Waals surface area (Å²) < 4.78 is 66.1. The molecule has 1 fully saturated rings. The van der Waals surface area contributed by atoms with E-state index in [2.05, 4.69) is 0 Å². The minimum Gasteiger partial charge on any atom is -0.300 e. The van der Waals surface area contributed by atoms with Gasteiger partial charge in [-0.3, -0.25) is 0 Å². The molecule has 0 atom stereocenters. The van der Waals surface area contributed by atoms with Crippen LogP contribution in [0.25, 0.3) is 0 Å². The molecule has 4 nitrogen and oxygen atoms in total. The highest BCUT2D eigenvalue weighted by atomic mass is 35.5. The molecule has 0 radical (unpaired) electrons. The molecule has 0 saturated carbocycles. The number of nitrogens with zero attached hydrogens (tertiary/aromatic N) is 2. The van der Waals surface area contributed by atoms with Crippen molar-refractivity contribution in [2.45, 2.75) is 17.5 Å². The van der Waals surface area contributed by atoms with Crippen molar-refractivity contribution in [1.82, 2.24) is 9.21 Å². The Morgan fingerprint density at radius 2 is 1.64 bits per heavy atom. The van der Waals surface area contributed by atoms with Crippen molar-refractivity contribution >= 4 is 21.6 Å². The third-order valence-electron chi connectivity index (χ3n) is 4.79. The van der Waals surface area contributed by atoms with Gasteiger partial charge in [0.15, 0.2) is 0 Å². The number of benzene rings is 2. The maximum atomic E-state index is 13.1. The van der Waals surface area contributed by atoms with Crippen molar-refractivity contribution in [1.29, 1.82) is 0 Å². The number of halogens is 4. The van der Waals surface area contributed by atoms with E-state index in [0.29, 0.717) is 24.7 Å². The van der Waals surface area contributed by atoms with Crippen molar-refractivity contribution in [3.05, 3.63) is 64.7 Å². The zero-order chi connectivity index (χ0) is 20.4. The Morgan fingerprint density at radius 1 is 0.964 bits per heavy atom. The van der Waals surface area contributed by atoms with Gasteiger partial charge in [0.1, 0.15) is 0 Å². The Labute approximate surface area is 167 Å². The van der Waals surface area contributed by atoms with Gasteiger partial charge in [0.05, 0.1) is 10.5 Å². The fourth-order valence-electron chi connectivity index (χ4n) is 3.26. The van der Waals surface area contributed by atoms with Crippen LogP contribution in [0.5, 0.6) is 0 Å². The summed E-state index contributed by atoms with van der Waals surface area (Å²) in [6.45, 7) is 1.95. The summed E-state index contributed by atoms with van der Waals surface area (Å²) in [7, 11) is -3.63. The molecule has 2 aromatic carbocycles. The van der Waals surface area contributed by atoms with E-state index in [1.165, 1.54) is 28.6 Å². The Bertz CT molecular complexity index is 927. The number of rotatable bonds is 5. The molecule has 28 heavy (non-hydrogen) atoms. The first-order valence-corrected chi connectivity index (χ1v) is 10.6. The van der Waals surface area contributed by atoms with E-state index in [1.54, 1.807) is 18.2 Å². The Hall–Kier alpha value is -1.61. The maximum Gasteiger partial charge on any atom is 0.416 e. The molecule has 0 bridgehead atoms. The highest BCUT2D eigenvalue weighted by Gasteiger charge is 2.33. The molecular formula is C19H20ClF3N2O2S. The van der Waals surface area contributed by atoms with Crippen LogP contribution < -0.4 is 0 Å². The fourth-order valence-corrected chi connectivity index (χ4v) is 4.99. The lowest BCUT2D eigenvalue weighted by Crippen LogP contribution is -2.49. The van der Waals surface area contributed by atoms with E-state index < -0.39 is 21.8 Å². The number of sulfonamides is 1. The molecule has 1 aliphatic rings. The minimum absolute atomic E-state index is 0.146. The van der Waals surface area contributed by atoms with E-state index in [0.717, 1.165) is 6.07 Å². The lowest BCUT2D eigenvalue weighted by molar-refractivity contribution is -0.138. The Morgan fingerprint density at radius 3 is 2.29 bits per heavy atom. The average molecular weight is 433 g/mol. The number of alkyl halides is 3. The highest BCUT2D eigenvalue weighted by molar-refractivity contribution is 7.89. The molecule has 1 heterocycles. The van der Waals surface area contributed by atoms with Crippen LogP contribution in [-0.4, -0.2) is 50.3 Å². The van der Waals surface area contributed by atoms with Gasteiger partial charge in [-0.1, -0.05) is 35.9 Å². The van der Waals surface area contributed by atoms with Crippen molar-refractivity contribution < 1.29 is 21.6 Å². The number of hydrogen-bond acceptors (Lipinski definition) is 3. The van der Waals surface area contributed by atoms with Gasteiger partial charge in [0.2, 0.25) is 10.0 Å². The molecule has 152 valence electrons. The molecule has 0 N–H and O–H groups in total. The summed E-state index contributed by atoms with van der Waals surface area (Å²) in [5, 5.41) is 0.350. The van der Waals surface area contributed by atoms with Gasteiger partial charge >= 0.3 is 6.18 Å². The van der Waals surface area contributed by atoms with Gasteiger partial charge in [-0.2, -0.15) is 17.5 Å². The SMILES string of the molecule is O=S(=O)(c1cccc(Cl)c1)N1CCN(CCc2ccccc2C(F)(F)F)CC1. The third kappa shape index (κ3) is 4.86. The Balaban J connectivity index is 1.60. The summed E-state index contributed by atoms with van der Waals surface area (Å²) in [6, 6.07) is 11.7. The fraction of sp³-hybridized carbons (Fsp3) is 0.368. The molecule has 0 amide bonds. The van der Waals surface area contributed by atoms with E-state index in [1.807, 2.05) is 4.90 Å². The van der Waals surface area contributed by atoms with Crippen LogP contribution in [0, 0.1) is 0 Å². The topological polar surface area (TPSA) is 40.6 Å². The third-order valence-corrected chi connectivity index (χ3v) is 6.91. The van der Waals surface area contributed by atoms with Crippen LogP contribution in [0.3, 0.4) is 0 Å². The van der Waals surface area contributed by atoms with Crippen LogP contribution >= 0.6 is 11.6 Å². The zero-order valence-electron chi connectivity index (χ0n) is 15.0. The molecule has 0 aromatic heterocycles. The molecule has 3 rings (SSSR count). The molecule has 9 heteroatoms. The van der Waals surface area contributed by atoms with Gasteiger partial charge in [-0.05, 0) is 36.2 Å². The van der Waals surface area contributed by atoms with Gasteiger partial charge < -0.3 is 4.90 Å². The van der Waals surface area contributed by atoms with Crippen LogP contribution in [0.1, 0.15) is 11.1 Å². The van der Waals surface area contributed by atoms with E-state index >= 15 is 0 Å². The molecule has 1 aliphatic heterocycles. The van der Waals surface area contributed by atoms with E-state index in [-0.39, 0.29) is 30.0 Å². The van der Waals surface area contributed by atoms with Crippen molar-refractivity contribution in [3.63, 3.8) is 0 Å². The molecule has 2 aromatic rings. The normalized spacial score (nSPS) is 17.0. The standard InChI is InChI=1S/C19H20ClF3N2O2S/c20-16-5-3-6-17(14-16)28(26,27)25-12-10-24(11-13-25)9-8-15-4-1-2-7-18(15)19(21,22)23/h1-7,14H,8-13H2. The first-order chi connectivity index (χ1) is 13.2. The summed E-state index contributed by atoms with van der Waals surface area (Å²) in [6.07, 6.45) is -4.11. The second-order valence-corrected chi connectivity index (χ2v) is 8.98. The molecule has 1 saturated heterocycles. The molecule has 0 unspecified atom stereocenters. The predicted molar refractivity (Wildman–Crippen MR) is 102 cm³/mol. The van der Waals surface area contributed by atoms with Gasteiger partial charge in [-0.15, -0.1) is 0 Å². The first kappa shape index (κ1) is 21.1. The monoisotopic (exact) mass is 432 g/mol. The van der Waals surface area contributed by atoms with Crippen molar-refractivity contribution in [2.75, 3.05) is 32.7 Å². The summed E-state index contributed by atoms with van der Waals surface area (Å²) in [4.78, 5) is 2.13. The van der Waals surface area contributed by atoms with Crippen LogP contribution in [-0.2, 0) is 22.6 Å². The van der Waals surface area contributed by atoms with E-state index in [9.17, 15) is 21.6 Å². The van der Waals surface area contributed by atoms with Crippen LogP contribution in [0.2, 0.25) is 5.02 Å². The summed E-state index contributed by atoms with van der Waals surface area (Å²) >= 11 is 5.89. The summed E-state index contributed by atoms with van der Waals surface area (Å²) in [5.74, 6) is 0. The van der Waals surface area contributed by atoms with Gasteiger partial charge in [0, 0.05) is 37.7 Å². The average Bonchev–Trinajstić information content (AvgIpc) is 2.66. The highest BCUT2D eigenvalue weighted by Crippen LogP contribution is 2.32. The van der Waals surface area contributed by atoms with Crippen LogP contribution in [0.15, 0.2) is 53.4 Å². The molecule has 0 spiro atoms. The number of hydrogen-bond donors (Lipinski definition) is 0. The second kappa shape index (κ2) is 8.41. The van der Waals surface area contributed by atoms with Crippen LogP contribution in [0.4, 0.5) is 13.2 Å². The largest absolute Gasteiger partial charge is 0.416 e. The van der Waals surface area contributed by atoms with Crippen molar-refractivity contribution in [2.24, 2.45) is 0 Å². The summed E-state index contributed by atoms with van der Waals surface area (Å²) in [5.41, 5.74) is -0.360. The smallest absolute Gasteiger partial charge is 0.300 e. The lowest BCUT2D eigenvalue weighted by atomic mass is 10.0. The number of piperazine rings is 1. The van der Waals surface area contributed by atoms with Gasteiger partial charge in [-0.25, -0.2) is 8.42 Å². The maximum absolute atomic E-state index is 13.1. The van der Waals surface area contributed by atoms with E-state index in [4.69, 9.17) is 11.6 Å². The Kier molecular flexibility index (Phi) is 6.34. The molecular weight excluding hydrogens is 413 g/mol. The zero-order valence-corrected chi connectivity index (χ0v) is 16.6. The molecule has 0 aliphatic carbocycles. The van der Waals surface area contributed by atoms with Gasteiger partial charge in [0.25, 0.3) is 0 Å². The second-order valence-electron chi connectivity index (χ2n) is 6.61. The minimum atomic E-state index is -4.37. The first-order valence-electron chi connectivity index (χ1n) is 8.81. The van der Waals surface area contributed by atoms with Crippen molar-refractivity contribution in [3.8, 4) is 0 Å².